The van der Waals surface area contributed by atoms with Crippen LogP contribution in [0.4, 0.5) is 0 Å². The quantitative estimate of drug-likeness (QED) is 0.665. The number of hydrogen-bond donors (Lipinski definition) is 0. The van der Waals surface area contributed by atoms with Crippen LogP contribution in [0.15, 0.2) is 31.8 Å². The zero-order valence-corrected chi connectivity index (χ0v) is 12.8. The van der Waals surface area contributed by atoms with Crippen LogP contribution in [0, 0.1) is 6.92 Å². The maximum absolute atomic E-state index is 5.62. The smallest absolute Gasteiger partial charge is 0.277 e. The number of furan rings is 1. The van der Waals surface area contributed by atoms with Crippen molar-refractivity contribution < 1.29 is 8.83 Å². The molecule has 0 unspecified atom stereocenters. The number of aromatic nitrogens is 3. The lowest BCUT2D eigenvalue weighted by atomic mass is 10.3. The van der Waals surface area contributed by atoms with E-state index in [-0.39, 0.29) is 0 Å². The highest BCUT2D eigenvalue weighted by Crippen LogP contribution is 2.28. The van der Waals surface area contributed by atoms with Crippen molar-refractivity contribution in [1.29, 1.82) is 0 Å². The van der Waals surface area contributed by atoms with Gasteiger partial charge in [0.15, 0.2) is 0 Å². The summed E-state index contributed by atoms with van der Waals surface area (Å²) in [4.78, 5) is 4.51. The number of nitrogens with zero attached hydrogens (tertiary/aromatic N) is 3. The molecule has 3 rings (SSSR count). The number of thiazole rings is 1. The fourth-order valence-corrected chi connectivity index (χ4v) is 3.20. The molecule has 3 aromatic heterocycles. The van der Waals surface area contributed by atoms with Gasteiger partial charge in [-0.2, -0.15) is 0 Å². The number of hydrogen-bond acceptors (Lipinski definition) is 7. The average molecular weight is 307 g/mol. The highest BCUT2D eigenvalue weighted by Gasteiger charge is 2.13. The molecule has 5 nitrogen and oxygen atoms in total. The van der Waals surface area contributed by atoms with E-state index >= 15 is 0 Å². The summed E-state index contributed by atoms with van der Waals surface area (Å²) < 4.78 is 10.8. The Balaban J connectivity index is 1.67. The number of aryl methyl sites for hydroxylation is 2. The van der Waals surface area contributed by atoms with Gasteiger partial charge >= 0.3 is 0 Å². The fourth-order valence-electron chi connectivity index (χ4n) is 1.70. The van der Waals surface area contributed by atoms with Gasteiger partial charge in [-0.3, -0.25) is 0 Å². The Morgan fingerprint density at radius 2 is 2.25 bits per heavy atom. The minimum absolute atomic E-state index is 0.492. The van der Waals surface area contributed by atoms with E-state index < -0.39 is 0 Å². The number of rotatable bonds is 5. The van der Waals surface area contributed by atoms with E-state index in [1.165, 1.54) is 11.8 Å². The molecule has 0 aliphatic heterocycles. The molecule has 0 saturated heterocycles. The van der Waals surface area contributed by atoms with Gasteiger partial charge in [0, 0.05) is 11.1 Å². The minimum Gasteiger partial charge on any atom is -0.469 e. The lowest BCUT2D eigenvalue weighted by Crippen LogP contribution is -1.83. The molecule has 0 fully saturated rings. The third kappa shape index (κ3) is 2.78. The highest BCUT2D eigenvalue weighted by molar-refractivity contribution is 7.98. The molecule has 0 spiro atoms. The molecule has 0 aliphatic carbocycles. The third-order valence-corrected chi connectivity index (χ3v) is 4.63. The predicted octanol–water partition coefficient (Wildman–Crippen LogP) is 3.95. The third-order valence-electron chi connectivity index (χ3n) is 2.74. The van der Waals surface area contributed by atoms with E-state index in [0.717, 1.165) is 34.2 Å². The summed E-state index contributed by atoms with van der Waals surface area (Å²) in [5.41, 5.74) is 1.89. The van der Waals surface area contributed by atoms with Crippen LogP contribution < -0.4 is 0 Å². The van der Waals surface area contributed by atoms with E-state index in [1.807, 2.05) is 13.0 Å². The number of thioether (sulfide) groups is 1. The summed E-state index contributed by atoms with van der Waals surface area (Å²) >= 11 is 3.18. The fraction of sp³-hybridized carbons (Fsp3) is 0.308. The standard InChI is InChI=1S/C13H13N3O2S2/c1-3-11-14-9(6-19-11)7-20-13-16-15-12(18-13)10-4-5-17-8(10)2/h4-6H,3,7H2,1-2H3. The monoisotopic (exact) mass is 307 g/mol. The topological polar surface area (TPSA) is 65.0 Å². The largest absolute Gasteiger partial charge is 0.469 e. The molecule has 0 atom stereocenters. The van der Waals surface area contributed by atoms with Crippen molar-refractivity contribution in [2.75, 3.05) is 0 Å². The van der Waals surface area contributed by atoms with Crippen LogP contribution in [0.2, 0.25) is 0 Å². The van der Waals surface area contributed by atoms with Crippen LogP contribution in [0.3, 0.4) is 0 Å². The maximum atomic E-state index is 5.62. The van der Waals surface area contributed by atoms with Gasteiger partial charge in [-0.15, -0.1) is 21.5 Å². The van der Waals surface area contributed by atoms with Crippen LogP contribution >= 0.6 is 23.1 Å². The first kappa shape index (κ1) is 13.4. The van der Waals surface area contributed by atoms with Crippen LogP contribution in [0.25, 0.3) is 11.5 Å². The Labute approximate surface area is 124 Å². The Morgan fingerprint density at radius 1 is 1.35 bits per heavy atom. The molecule has 20 heavy (non-hydrogen) atoms. The Morgan fingerprint density at radius 3 is 2.95 bits per heavy atom. The van der Waals surface area contributed by atoms with Crippen molar-refractivity contribution in [2.24, 2.45) is 0 Å². The van der Waals surface area contributed by atoms with Crippen molar-refractivity contribution in [3.8, 4) is 11.5 Å². The normalized spacial score (nSPS) is 11.1. The molecule has 0 amide bonds. The van der Waals surface area contributed by atoms with Crippen LogP contribution in [-0.2, 0) is 12.2 Å². The lowest BCUT2D eigenvalue weighted by molar-refractivity contribution is 0.463. The Kier molecular flexibility index (Phi) is 3.88. The van der Waals surface area contributed by atoms with E-state index in [2.05, 4.69) is 27.5 Å². The van der Waals surface area contributed by atoms with E-state index in [9.17, 15) is 0 Å². The second-order valence-corrected chi connectivity index (χ2v) is 6.01. The molecule has 0 bridgehead atoms. The lowest BCUT2D eigenvalue weighted by Gasteiger charge is -1.92. The van der Waals surface area contributed by atoms with Gasteiger partial charge in [0.05, 0.1) is 22.5 Å². The summed E-state index contributed by atoms with van der Waals surface area (Å²) in [6.45, 7) is 3.97. The van der Waals surface area contributed by atoms with Gasteiger partial charge in [0.25, 0.3) is 11.1 Å². The van der Waals surface area contributed by atoms with Crippen molar-refractivity contribution in [1.82, 2.24) is 15.2 Å². The first-order chi connectivity index (χ1) is 9.76. The molecule has 0 N–H and O–H groups in total. The highest BCUT2D eigenvalue weighted by atomic mass is 32.2. The van der Waals surface area contributed by atoms with Crippen molar-refractivity contribution in [2.45, 2.75) is 31.2 Å². The molecule has 104 valence electrons. The SMILES string of the molecule is CCc1nc(CSc2nnc(-c3ccoc3C)o2)cs1. The van der Waals surface area contributed by atoms with Gasteiger partial charge < -0.3 is 8.83 Å². The minimum atomic E-state index is 0.492. The summed E-state index contributed by atoms with van der Waals surface area (Å²) in [6.07, 6.45) is 2.59. The first-order valence-corrected chi connectivity index (χ1v) is 8.07. The Bertz CT molecular complexity index is 702. The van der Waals surface area contributed by atoms with E-state index in [0.29, 0.717) is 11.1 Å². The van der Waals surface area contributed by atoms with E-state index in [1.54, 1.807) is 17.6 Å². The Hall–Kier alpha value is -1.60. The molecule has 0 saturated carbocycles. The second-order valence-electron chi connectivity index (χ2n) is 4.14. The molecule has 7 heteroatoms. The summed E-state index contributed by atoms with van der Waals surface area (Å²) in [6, 6.07) is 1.82. The molecular weight excluding hydrogens is 294 g/mol. The van der Waals surface area contributed by atoms with Gasteiger partial charge in [-0.05, 0) is 19.4 Å². The molecule has 3 aromatic rings. The first-order valence-electron chi connectivity index (χ1n) is 6.20. The van der Waals surface area contributed by atoms with Crippen molar-refractivity contribution >= 4 is 23.1 Å². The van der Waals surface area contributed by atoms with E-state index in [4.69, 9.17) is 8.83 Å². The van der Waals surface area contributed by atoms with Crippen molar-refractivity contribution in [3.63, 3.8) is 0 Å². The maximum Gasteiger partial charge on any atom is 0.277 e. The average Bonchev–Trinajstić information content (AvgIpc) is 3.16. The van der Waals surface area contributed by atoms with Crippen molar-refractivity contribution in [3.05, 3.63) is 34.2 Å². The van der Waals surface area contributed by atoms with Crippen LogP contribution in [-0.4, -0.2) is 15.2 Å². The zero-order valence-electron chi connectivity index (χ0n) is 11.1. The molecular formula is C13H13N3O2S2. The van der Waals surface area contributed by atoms with Gasteiger partial charge in [-0.1, -0.05) is 18.7 Å². The predicted molar refractivity (Wildman–Crippen MR) is 77.8 cm³/mol. The molecule has 0 aromatic carbocycles. The molecule has 0 radical (unpaired) electrons. The summed E-state index contributed by atoms with van der Waals surface area (Å²) in [5.74, 6) is 2.01. The van der Waals surface area contributed by atoms with Crippen LogP contribution in [0.5, 0.6) is 0 Å². The van der Waals surface area contributed by atoms with Gasteiger partial charge in [0.2, 0.25) is 0 Å². The van der Waals surface area contributed by atoms with Gasteiger partial charge in [-0.25, -0.2) is 4.98 Å². The second kappa shape index (κ2) is 5.80. The summed E-state index contributed by atoms with van der Waals surface area (Å²) in [5, 5.41) is 11.8. The zero-order chi connectivity index (χ0) is 13.9. The van der Waals surface area contributed by atoms with Gasteiger partial charge in [0.1, 0.15) is 5.76 Å². The molecule has 3 heterocycles. The summed E-state index contributed by atoms with van der Waals surface area (Å²) in [7, 11) is 0. The van der Waals surface area contributed by atoms with Crippen LogP contribution in [0.1, 0.15) is 23.4 Å². The molecule has 0 aliphatic rings.